The Labute approximate surface area is 106 Å². The summed E-state index contributed by atoms with van der Waals surface area (Å²) in [4.78, 5) is 8.82. The van der Waals surface area contributed by atoms with E-state index in [1.165, 1.54) is 0 Å². The molecular weight excluding hydrogens is 228 g/mol. The first-order valence-electron chi connectivity index (χ1n) is 6.39. The van der Waals surface area contributed by atoms with Gasteiger partial charge in [0, 0.05) is 6.20 Å². The second-order valence-electron chi connectivity index (χ2n) is 4.47. The SMILES string of the molecule is CCc1cccnc1-c1noc([C@H]2CCCN2)n1. The molecule has 0 saturated carbocycles. The fraction of sp³-hybridized carbons (Fsp3) is 0.462. The largest absolute Gasteiger partial charge is 0.337 e. The molecule has 0 amide bonds. The second-order valence-corrected chi connectivity index (χ2v) is 4.47. The normalized spacial score (nSPS) is 19.3. The van der Waals surface area contributed by atoms with E-state index in [2.05, 4.69) is 27.4 Å². The molecule has 1 N–H and O–H groups in total. The standard InChI is InChI=1S/C13H16N4O/c1-2-9-5-3-8-15-11(9)12-16-13(18-17-12)10-6-4-7-14-10/h3,5,8,10,14H,2,4,6-7H2,1H3/t10-/m1/s1. The van der Waals surface area contributed by atoms with Gasteiger partial charge in [0.15, 0.2) is 0 Å². The highest BCUT2D eigenvalue weighted by molar-refractivity contribution is 5.53. The zero-order valence-electron chi connectivity index (χ0n) is 10.4. The summed E-state index contributed by atoms with van der Waals surface area (Å²) in [5, 5.41) is 7.40. The van der Waals surface area contributed by atoms with Crippen molar-refractivity contribution in [2.24, 2.45) is 0 Å². The van der Waals surface area contributed by atoms with Crippen LogP contribution < -0.4 is 5.32 Å². The molecule has 94 valence electrons. The molecule has 0 radical (unpaired) electrons. The van der Waals surface area contributed by atoms with Crippen LogP contribution in [0.2, 0.25) is 0 Å². The number of nitrogens with zero attached hydrogens (tertiary/aromatic N) is 3. The first kappa shape index (κ1) is 11.3. The summed E-state index contributed by atoms with van der Waals surface area (Å²) in [5.74, 6) is 1.27. The smallest absolute Gasteiger partial charge is 0.244 e. The minimum atomic E-state index is 0.208. The van der Waals surface area contributed by atoms with E-state index in [4.69, 9.17) is 4.52 Å². The third-order valence-corrected chi connectivity index (χ3v) is 3.28. The van der Waals surface area contributed by atoms with Crippen molar-refractivity contribution in [3.63, 3.8) is 0 Å². The number of aryl methyl sites for hydroxylation is 1. The van der Waals surface area contributed by atoms with Crippen molar-refractivity contribution >= 4 is 0 Å². The molecule has 1 saturated heterocycles. The Morgan fingerprint density at radius 1 is 1.50 bits per heavy atom. The van der Waals surface area contributed by atoms with Crippen molar-refractivity contribution in [2.75, 3.05) is 6.54 Å². The lowest BCUT2D eigenvalue weighted by Crippen LogP contribution is -2.13. The minimum absolute atomic E-state index is 0.208. The molecule has 0 aromatic carbocycles. The Bertz CT molecular complexity index is 531. The highest BCUT2D eigenvalue weighted by atomic mass is 16.5. The van der Waals surface area contributed by atoms with Crippen LogP contribution >= 0.6 is 0 Å². The Morgan fingerprint density at radius 2 is 2.44 bits per heavy atom. The van der Waals surface area contributed by atoms with E-state index in [0.717, 1.165) is 37.1 Å². The van der Waals surface area contributed by atoms with Crippen LogP contribution in [0.15, 0.2) is 22.9 Å². The number of hydrogen-bond acceptors (Lipinski definition) is 5. The van der Waals surface area contributed by atoms with E-state index in [1.807, 2.05) is 12.1 Å². The fourth-order valence-corrected chi connectivity index (χ4v) is 2.29. The average molecular weight is 244 g/mol. The Kier molecular flexibility index (Phi) is 3.06. The van der Waals surface area contributed by atoms with Gasteiger partial charge in [0.05, 0.1) is 6.04 Å². The zero-order chi connectivity index (χ0) is 12.4. The summed E-state index contributed by atoms with van der Waals surface area (Å²) in [6.07, 6.45) is 4.89. The van der Waals surface area contributed by atoms with Gasteiger partial charge in [-0.05, 0) is 37.4 Å². The maximum Gasteiger partial charge on any atom is 0.244 e. The summed E-state index contributed by atoms with van der Waals surface area (Å²) >= 11 is 0. The predicted octanol–water partition coefficient (Wildman–Crippen LogP) is 2.12. The third kappa shape index (κ3) is 2.01. The molecule has 5 heteroatoms. The number of nitrogens with one attached hydrogen (secondary N) is 1. The van der Waals surface area contributed by atoms with Crippen molar-refractivity contribution < 1.29 is 4.52 Å². The third-order valence-electron chi connectivity index (χ3n) is 3.28. The van der Waals surface area contributed by atoms with Gasteiger partial charge < -0.3 is 9.84 Å². The van der Waals surface area contributed by atoms with Gasteiger partial charge in [-0.1, -0.05) is 18.1 Å². The van der Waals surface area contributed by atoms with Crippen molar-refractivity contribution in [2.45, 2.75) is 32.2 Å². The maximum atomic E-state index is 5.34. The van der Waals surface area contributed by atoms with Crippen molar-refractivity contribution in [3.05, 3.63) is 29.8 Å². The topological polar surface area (TPSA) is 63.8 Å². The number of aromatic nitrogens is 3. The summed E-state index contributed by atoms with van der Waals surface area (Å²) in [6.45, 7) is 3.12. The first-order valence-corrected chi connectivity index (χ1v) is 6.39. The van der Waals surface area contributed by atoms with Gasteiger partial charge in [-0.3, -0.25) is 4.98 Å². The Hall–Kier alpha value is -1.75. The lowest BCUT2D eigenvalue weighted by molar-refractivity contribution is 0.345. The van der Waals surface area contributed by atoms with E-state index in [0.29, 0.717) is 11.7 Å². The molecule has 18 heavy (non-hydrogen) atoms. The molecule has 1 fully saturated rings. The highest BCUT2D eigenvalue weighted by Gasteiger charge is 2.23. The van der Waals surface area contributed by atoms with Crippen LogP contribution in [0.5, 0.6) is 0 Å². The van der Waals surface area contributed by atoms with Crippen LogP contribution in [-0.4, -0.2) is 21.7 Å². The van der Waals surface area contributed by atoms with E-state index in [-0.39, 0.29) is 6.04 Å². The maximum absolute atomic E-state index is 5.34. The van der Waals surface area contributed by atoms with E-state index >= 15 is 0 Å². The van der Waals surface area contributed by atoms with Crippen LogP contribution in [-0.2, 0) is 6.42 Å². The number of pyridine rings is 1. The molecule has 1 atom stereocenters. The molecule has 0 bridgehead atoms. The first-order chi connectivity index (χ1) is 8.88. The van der Waals surface area contributed by atoms with Gasteiger partial charge in [0.1, 0.15) is 5.69 Å². The zero-order valence-corrected chi connectivity index (χ0v) is 10.4. The fourth-order valence-electron chi connectivity index (χ4n) is 2.29. The van der Waals surface area contributed by atoms with Gasteiger partial charge >= 0.3 is 0 Å². The molecule has 3 heterocycles. The van der Waals surface area contributed by atoms with Gasteiger partial charge in [-0.25, -0.2) is 0 Å². The quantitative estimate of drug-likeness (QED) is 0.896. The highest BCUT2D eigenvalue weighted by Crippen LogP contribution is 2.24. The summed E-state index contributed by atoms with van der Waals surface area (Å²) in [5.41, 5.74) is 1.97. The summed E-state index contributed by atoms with van der Waals surface area (Å²) in [6, 6.07) is 4.19. The summed E-state index contributed by atoms with van der Waals surface area (Å²) < 4.78 is 5.34. The molecule has 0 spiro atoms. The number of rotatable bonds is 3. The second kappa shape index (κ2) is 4.86. The molecule has 3 rings (SSSR count). The molecule has 2 aromatic heterocycles. The summed E-state index contributed by atoms with van der Waals surface area (Å²) in [7, 11) is 0. The van der Waals surface area contributed by atoms with Crippen LogP contribution in [0.4, 0.5) is 0 Å². The molecule has 1 aliphatic rings. The predicted molar refractivity (Wildman–Crippen MR) is 66.9 cm³/mol. The minimum Gasteiger partial charge on any atom is -0.337 e. The average Bonchev–Trinajstić information content (AvgIpc) is 3.09. The van der Waals surface area contributed by atoms with Gasteiger partial charge in [-0.2, -0.15) is 4.98 Å². The van der Waals surface area contributed by atoms with E-state index in [1.54, 1.807) is 6.20 Å². The van der Waals surface area contributed by atoms with E-state index in [9.17, 15) is 0 Å². The molecule has 1 aliphatic heterocycles. The van der Waals surface area contributed by atoms with Crippen LogP contribution in [0.25, 0.3) is 11.5 Å². The molecule has 2 aromatic rings. The molecule has 5 nitrogen and oxygen atoms in total. The van der Waals surface area contributed by atoms with E-state index < -0.39 is 0 Å². The van der Waals surface area contributed by atoms with Gasteiger partial charge in [-0.15, -0.1) is 0 Å². The molecule has 0 unspecified atom stereocenters. The van der Waals surface area contributed by atoms with Crippen LogP contribution in [0, 0.1) is 0 Å². The van der Waals surface area contributed by atoms with Crippen molar-refractivity contribution in [1.29, 1.82) is 0 Å². The molecule has 0 aliphatic carbocycles. The van der Waals surface area contributed by atoms with Crippen LogP contribution in [0.3, 0.4) is 0 Å². The van der Waals surface area contributed by atoms with Crippen molar-refractivity contribution in [3.8, 4) is 11.5 Å². The molecular formula is C13H16N4O. The van der Waals surface area contributed by atoms with Crippen LogP contribution in [0.1, 0.15) is 37.3 Å². The number of hydrogen-bond donors (Lipinski definition) is 1. The lowest BCUT2D eigenvalue weighted by Gasteiger charge is -2.02. The Balaban J connectivity index is 1.92. The van der Waals surface area contributed by atoms with Crippen molar-refractivity contribution in [1.82, 2.24) is 20.4 Å². The van der Waals surface area contributed by atoms with Gasteiger partial charge in [0.2, 0.25) is 11.7 Å². The lowest BCUT2D eigenvalue weighted by atomic mass is 10.1. The Morgan fingerprint density at radius 3 is 3.22 bits per heavy atom. The monoisotopic (exact) mass is 244 g/mol. The van der Waals surface area contributed by atoms with Gasteiger partial charge in [0.25, 0.3) is 0 Å².